The monoisotopic (exact) mass is 328 g/mol. The lowest BCUT2D eigenvalue weighted by Crippen LogP contribution is -2.11. The Hall–Kier alpha value is -2.14. The summed E-state index contributed by atoms with van der Waals surface area (Å²) in [6.45, 7) is 6.87. The maximum absolute atomic E-state index is 5.09. The second kappa shape index (κ2) is 9.88. The van der Waals surface area contributed by atoms with Gasteiger partial charge in [0.15, 0.2) is 0 Å². The predicted octanol–water partition coefficient (Wildman–Crippen LogP) is 4.05. The van der Waals surface area contributed by atoms with Crippen LogP contribution in [-0.4, -0.2) is 36.8 Å². The minimum absolute atomic E-state index is 0.654. The highest BCUT2D eigenvalue weighted by Gasteiger charge is 2.07. The molecule has 2 N–H and O–H groups in total. The Balaban J connectivity index is 2.13. The van der Waals surface area contributed by atoms with Gasteiger partial charge in [-0.15, -0.1) is 0 Å². The first-order valence-corrected chi connectivity index (χ1v) is 8.60. The van der Waals surface area contributed by atoms with Crippen LogP contribution < -0.4 is 10.6 Å². The van der Waals surface area contributed by atoms with E-state index in [1.807, 2.05) is 24.3 Å². The van der Waals surface area contributed by atoms with E-state index in [1.54, 1.807) is 7.11 Å². The number of benzene rings is 1. The second-order valence-electron chi connectivity index (χ2n) is 6.21. The molecule has 0 spiro atoms. The number of ether oxygens (including phenoxy) is 1. The molecule has 0 atom stereocenters. The molecule has 5 nitrogen and oxygen atoms in total. The van der Waals surface area contributed by atoms with E-state index in [9.17, 15) is 0 Å². The molecule has 5 heteroatoms. The third-order valence-electron chi connectivity index (χ3n) is 3.63. The average Bonchev–Trinajstić information content (AvgIpc) is 2.59. The van der Waals surface area contributed by atoms with Crippen molar-refractivity contribution < 1.29 is 4.74 Å². The van der Waals surface area contributed by atoms with E-state index in [-0.39, 0.29) is 0 Å². The van der Waals surface area contributed by atoms with Gasteiger partial charge in [0.05, 0.1) is 5.69 Å². The Morgan fingerprint density at radius 1 is 1.04 bits per heavy atom. The minimum atomic E-state index is 0.654. The number of hydrogen-bond acceptors (Lipinski definition) is 5. The van der Waals surface area contributed by atoms with Gasteiger partial charge >= 0.3 is 0 Å². The zero-order chi connectivity index (χ0) is 17.2. The summed E-state index contributed by atoms with van der Waals surface area (Å²) in [6.07, 6.45) is 2.03. The maximum Gasteiger partial charge on any atom is 0.225 e. The van der Waals surface area contributed by atoms with E-state index in [4.69, 9.17) is 4.74 Å². The normalized spacial score (nSPS) is 10.8. The molecule has 0 aliphatic heterocycles. The summed E-state index contributed by atoms with van der Waals surface area (Å²) in [7, 11) is 1.72. The lowest BCUT2D eigenvalue weighted by atomic mass is 10.1. The van der Waals surface area contributed by atoms with Gasteiger partial charge in [-0.05, 0) is 18.8 Å². The number of hydrogen-bond donors (Lipinski definition) is 2. The minimum Gasteiger partial charge on any atom is -0.385 e. The van der Waals surface area contributed by atoms with E-state index in [1.165, 1.54) is 0 Å². The lowest BCUT2D eigenvalue weighted by Gasteiger charge is -2.12. The van der Waals surface area contributed by atoms with Crippen molar-refractivity contribution in [1.82, 2.24) is 9.97 Å². The summed E-state index contributed by atoms with van der Waals surface area (Å²) in [5.74, 6) is 2.17. The van der Waals surface area contributed by atoms with E-state index in [2.05, 4.69) is 46.6 Å². The molecule has 0 aliphatic carbocycles. The van der Waals surface area contributed by atoms with Crippen LogP contribution in [0.5, 0.6) is 0 Å². The molecule has 0 saturated carbocycles. The molecule has 2 aromatic rings. The number of anilines is 2. The average molecular weight is 328 g/mol. The van der Waals surface area contributed by atoms with Gasteiger partial charge in [0.2, 0.25) is 5.95 Å². The maximum atomic E-state index is 5.09. The molecule has 0 fully saturated rings. The molecule has 0 radical (unpaired) electrons. The molecular weight excluding hydrogens is 300 g/mol. The van der Waals surface area contributed by atoms with Crippen LogP contribution >= 0.6 is 0 Å². The number of rotatable bonds is 10. The SMILES string of the molecule is COCCCNc1cc(-c2ccccc2)nc(NCCC(C)C)n1. The van der Waals surface area contributed by atoms with Crippen molar-refractivity contribution in [3.8, 4) is 11.3 Å². The fraction of sp³-hybridized carbons (Fsp3) is 0.474. The van der Waals surface area contributed by atoms with Crippen LogP contribution in [0.1, 0.15) is 26.7 Å². The number of nitrogens with zero attached hydrogens (tertiary/aromatic N) is 2. The van der Waals surface area contributed by atoms with Crippen LogP contribution in [0, 0.1) is 5.92 Å². The quantitative estimate of drug-likeness (QED) is 0.644. The predicted molar refractivity (Wildman–Crippen MR) is 100 cm³/mol. The Morgan fingerprint density at radius 3 is 2.54 bits per heavy atom. The van der Waals surface area contributed by atoms with E-state index in [0.29, 0.717) is 11.9 Å². The number of aromatic nitrogens is 2. The molecule has 2 rings (SSSR count). The third kappa shape index (κ3) is 6.16. The number of methoxy groups -OCH3 is 1. The lowest BCUT2D eigenvalue weighted by molar-refractivity contribution is 0.198. The molecular formula is C19H28N4O. The summed E-state index contributed by atoms with van der Waals surface area (Å²) in [5, 5.41) is 6.70. The molecule has 0 bridgehead atoms. The molecule has 0 saturated heterocycles. The Labute approximate surface area is 144 Å². The van der Waals surface area contributed by atoms with Crippen LogP contribution in [0.3, 0.4) is 0 Å². The largest absolute Gasteiger partial charge is 0.385 e. The first kappa shape index (κ1) is 18.2. The first-order valence-electron chi connectivity index (χ1n) is 8.60. The number of nitrogens with one attached hydrogen (secondary N) is 2. The second-order valence-corrected chi connectivity index (χ2v) is 6.21. The zero-order valence-electron chi connectivity index (χ0n) is 14.9. The summed E-state index contributed by atoms with van der Waals surface area (Å²) in [6, 6.07) is 12.2. The highest BCUT2D eigenvalue weighted by molar-refractivity contribution is 5.64. The summed E-state index contributed by atoms with van der Waals surface area (Å²) < 4.78 is 5.09. The molecule has 0 aliphatic rings. The van der Waals surface area contributed by atoms with Crippen molar-refractivity contribution in [2.75, 3.05) is 37.4 Å². The fourth-order valence-electron chi connectivity index (χ4n) is 2.28. The standard InChI is InChI=1S/C19H28N4O/c1-15(2)10-12-21-19-22-17(16-8-5-4-6-9-16)14-18(23-19)20-11-7-13-24-3/h4-6,8-9,14-15H,7,10-13H2,1-3H3,(H2,20,21,22,23). The third-order valence-corrected chi connectivity index (χ3v) is 3.63. The molecule has 0 amide bonds. The van der Waals surface area contributed by atoms with Crippen LogP contribution in [0.25, 0.3) is 11.3 Å². The molecule has 1 heterocycles. The van der Waals surface area contributed by atoms with E-state index >= 15 is 0 Å². The Kier molecular flexibility index (Phi) is 7.49. The van der Waals surface area contributed by atoms with Gasteiger partial charge in [-0.25, -0.2) is 4.98 Å². The Morgan fingerprint density at radius 2 is 1.83 bits per heavy atom. The van der Waals surface area contributed by atoms with Crippen molar-refractivity contribution >= 4 is 11.8 Å². The van der Waals surface area contributed by atoms with Gasteiger partial charge in [-0.1, -0.05) is 44.2 Å². The molecule has 130 valence electrons. The van der Waals surface area contributed by atoms with Crippen molar-refractivity contribution in [3.63, 3.8) is 0 Å². The molecule has 1 aromatic heterocycles. The summed E-state index contributed by atoms with van der Waals surface area (Å²) >= 11 is 0. The molecule has 24 heavy (non-hydrogen) atoms. The van der Waals surface area contributed by atoms with Crippen LogP contribution in [0.15, 0.2) is 36.4 Å². The van der Waals surface area contributed by atoms with Crippen molar-refractivity contribution in [3.05, 3.63) is 36.4 Å². The highest BCUT2D eigenvalue weighted by atomic mass is 16.5. The van der Waals surface area contributed by atoms with Gasteiger partial charge in [0, 0.05) is 38.4 Å². The van der Waals surface area contributed by atoms with E-state index in [0.717, 1.165) is 49.6 Å². The van der Waals surface area contributed by atoms with E-state index < -0.39 is 0 Å². The van der Waals surface area contributed by atoms with Crippen LogP contribution in [-0.2, 0) is 4.74 Å². The van der Waals surface area contributed by atoms with Gasteiger partial charge < -0.3 is 15.4 Å². The van der Waals surface area contributed by atoms with Crippen molar-refractivity contribution in [1.29, 1.82) is 0 Å². The molecule has 0 unspecified atom stereocenters. The van der Waals surface area contributed by atoms with Gasteiger partial charge in [-0.3, -0.25) is 0 Å². The molecule has 1 aromatic carbocycles. The van der Waals surface area contributed by atoms with Crippen LogP contribution in [0.4, 0.5) is 11.8 Å². The Bertz CT molecular complexity index is 602. The first-order chi connectivity index (χ1) is 11.7. The summed E-state index contributed by atoms with van der Waals surface area (Å²) in [4.78, 5) is 9.24. The highest BCUT2D eigenvalue weighted by Crippen LogP contribution is 2.21. The van der Waals surface area contributed by atoms with Gasteiger partial charge in [0.1, 0.15) is 5.82 Å². The zero-order valence-corrected chi connectivity index (χ0v) is 14.9. The fourth-order valence-corrected chi connectivity index (χ4v) is 2.28. The topological polar surface area (TPSA) is 59.1 Å². The van der Waals surface area contributed by atoms with Crippen molar-refractivity contribution in [2.24, 2.45) is 5.92 Å². The summed E-state index contributed by atoms with van der Waals surface area (Å²) in [5.41, 5.74) is 2.01. The van der Waals surface area contributed by atoms with Crippen molar-refractivity contribution in [2.45, 2.75) is 26.7 Å². The van der Waals surface area contributed by atoms with Crippen LogP contribution in [0.2, 0.25) is 0 Å². The smallest absolute Gasteiger partial charge is 0.225 e. The van der Waals surface area contributed by atoms with Gasteiger partial charge in [0.25, 0.3) is 0 Å². The van der Waals surface area contributed by atoms with Gasteiger partial charge in [-0.2, -0.15) is 4.98 Å².